The van der Waals surface area contributed by atoms with Gasteiger partial charge in [0.15, 0.2) is 11.5 Å². The van der Waals surface area contributed by atoms with Crippen LogP contribution in [0.1, 0.15) is 69.2 Å². The lowest BCUT2D eigenvalue weighted by atomic mass is 10.1. The van der Waals surface area contributed by atoms with Crippen LogP contribution in [0, 0.1) is 0 Å². The van der Waals surface area contributed by atoms with Crippen molar-refractivity contribution in [2.75, 3.05) is 0 Å². The van der Waals surface area contributed by atoms with E-state index in [9.17, 15) is 9.59 Å². The summed E-state index contributed by atoms with van der Waals surface area (Å²) >= 11 is 1.75. The first-order valence-corrected chi connectivity index (χ1v) is 11.1. The topological polar surface area (TPSA) is 80.5 Å². The van der Waals surface area contributed by atoms with E-state index in [0.717, 1.165) is 28.7 Å². The molecule has 1 aliphatic carbocycles. The minimum atomic E-state index is -0.565. The van der Waals surface area contributed by atoms with E-state index in [-0.39, 0.29) is 11.8 Å². The molecule has 4 aromatic rings. The van der Waals surface area contributed by atoms with Crippen molar-refractivity contribution >= 4 is 39.0 Å². The van der Waals surface area contributed by atoms with Crippen LogP contribution in [0.2, 0.25) is 0 Å². The van der Waals surface area contributed by atoms with Gasteiger partial charge >= 0.3 is 0 Å². The number of carbonyl (C=O) groups excluding carboxylic acids is 2. The van der Waals surface area contributed by atoms with Crippen LogP contribution < -0.4 is 0 Å². The Balaban J connectivity index is 1.46. The molecule has 150 valence electrons. The van der Waals surface area contributed by atoms with Gasteiger partial charge in [-0.25, -0.2) is 14.5 Å². The molecular weight excluding hydrogens is 398 g/mol. The van der Waals surface area contributed by atoms with E-state index in [2.05, 4.69) is 10.1 Å². The van der Waals surface area contributed by atoms with E-state index in [1.165, 1.54) is 34.6 Å². The molecule has 0 fully saturated rings. The molecule has 0 spiro atoms. The number of thiophene rings is 1. The molecule has 1 atom stereocenters. The molecule has 1 aromatic carbocycles. The monoisotopic (exact) mass is 417 g/mol. The maximum Gasteiger partial charge on any atom is 0.262 e. The lowest BCUT2D eigenvalue weighted by Gasteiger charge is -2.19. The van der Waals surface area contributed by atoms with Crippen LogP contribution in [0.5, 0.6) is 0 Å². The average molecular weight is 417 g/mol. The first kappa shape index (κ1) is 17.7. The zero-order valence-corrected chi connectivity index (χ0v) is 17.3. The fraction of sp³-hybridized carbons (Fsp3) is 0.318. The van der Waals surface area contributed by atoms with Gasteiger partial charge in [-0.2, -0.15) is 0 Å². The first-order valence-electron chi connectivity index (χ1n) is 10.3. The van der Waals surface area contributed by atoms with E-state index in [4.69, 9.17) is 4.98 Å². The number of hydrogen-bond donors (Lipinski definition) is 0. The summed E-state index contributed by atoms with van der Waals surface area (Å²) in [6.45, 7) is 1.80. The van der Waals surface area contributed by atoms with Gasteiger partial charge in [0.05, 0.1) is 22.6 Å². The normalized spacial score (nSPS) is 17.4. The molecule has 8 heteroatoms. The fourth-order valence-corrected chi connectivity index (χ4v) is 5.82. The number of hydrogen-bond acceptors (Lipinski definition) is 6. The zero-order valence-electron chi connectivity index (χ0n) is 16.5. The van der Waals surface area contributed by atoms with Crippen molar-refractivity contribution in [1.82, 2.24) is 24.5 Å². The average Bonchev–Trinajstić information content (AvgIpc) is 3.35. The number of imide groups is 1. The summed E-state index contributed by atoms with van der Waals surface area (Å²) in [6.07, 6.45) is 7.44. The molecule has 6 rings (SSSR count). The van der Waals surface area contributed by atoms with Gasteiger partial charge in [-0.1, -0.05) is 18.6 Å². The lowest BCUT2D eigenvalue weighted by Crippen LogP contribution is -2.33. The molecule has 30 heavy (non-hydrogen) atoms. The van der Waals surface area contributed by atoms with E-state index in [1.54, 1.807) is 53.4 Å². The van der Waals surface area contributed by atoms with Crippen molar-refractivity contribution in [3.63, 3.8) is 0 Å². The van der Waals surface area contributed by atoms with Crippen molar-refractivity contribution in [3.05, 3.63) is 58.0 Å². The molecule has 0 saturated carbocycles. The van der Waals surface area contributed by atoms with Crippen molar-refractivity contribution in [1.29, 1.82) is 0 Å². The second kappa shape index (κ2) is 6.43. The second-order valence-electron chi connectivity index (χ2n) is 7.93. The van der Waals surface area contributed by atoms with Crippen molar-refractivity contribution in [3.8, 4) is 0 Å². The molecule has 0 saturated heterocycles. The van der Waals surface area contributed by atoms with Gasteiger partial charge in [0.2, 0.25) is 0 Å². The minimum absolute atomic E-state index is 0.297. The predicted octanol–water partition coefficient (Wildman–Crippen LogP) is 3.97. The number of carbonyl (C=O) groups is 2. The third kappa shape index (κ3) is 2.40. The minimum Gasteiger partial charge on any atom is -0.269 e. The highest BCUT2D eigenvalue weighted by atomic mass is 32.1. The number of fused-ring (bicyclic) bond motifs is 6. The van der Waals surface area contributed by atoms with E-state index >= 15 is 0 Å². The maximum atomic E-state index is 12.9. The summed E-state index contributed by atoms with van der Waals surface area (Å²) in [6, 6.07) is 6.35. The Hall–Kier alpha value is -3.13. The largest absolute Gasteiger partial charge is 0.269 e. The summed E-state index contributed by atoms with van der Waals surface area (Å²) in [4.78, 5) is 38.8. The molecule has 0 N–H and O–H groups in total. The van der Waals surface area contributed by atoms with Gasteiger partial charge in [0.1, 0.15) is 11.2 Å². The third-order valence-corrected chi connectivity index (χ3v) is 7.34. The van der Waals surface area contributed by atoms with E-state index in [0.29, 0.717) is 17.0 Å². The molecule has 7 nitrogen and oxygen atoms in total. The highest BCUT2D eigenvalue weighted by Crippen LogP contribution is 2.37. The summed E-state index contributed by atoms with van der Waals surface area (Å²) in [5.41, 5.74) is 2.98. The highest BCUT2D eigenvalue weighted by Gasteiger charge is 2.40. The Morgan fingerprint density at radius 3 is 2.53 bits per heavy atom. The number of nitrogens with zero attached hydrogens (tertiary/aromatic N) is 5. The maximum absolute atomic E-state index is 12.9. The lowest BCUT2D eigenvalue weighted by molar-refractivity contribution is 0.0589. The van der Waals surface area contributed by atoms with Crippen molar-refractivity contribution < 1.29 is 9.59 Å². The second-order valence-corrected chi connectivity index (χ2v) is 9.01. The number of aryl methyl sites for hydroxylation is 2. The van der Waals surface area contributed by atoms with Gasteiger partial charge in [0.25, 0.3) is 11.8 Å². The van der Waals surface area contributed by atoms with E-state index < -0.39 is 6.04 Å². The molecule has 2 amide bonds. The van der Waals surface area contributed by atoms with Crippen molar-refractivity contribution in [2.45, 2.75) is 45.1 Å². The third-order valence-electron chi connectivity index (χ3n) is 6.14. The molecule has 0 radical (unpaired) electrons. The Labute approximate surface area is 176 Å². The Bertz CT molecular complexity index is 1320. The van der Waals surface area contributed by atoms with Crippen LogP contribution in [-0.2, 0) is 12.8 Å². The number of amides is 2. The quantitative estimate of drug-likeness (QED) is 0.364. The molecule has 4 heterocycles. The molecule has 1 aliphatic heterocycles. The Morgan fingerprint density at radius 2 is 1.77 bits per heavy atom. The van der Waals surface area contributed by atoms with Gasteiger partial charge in [-0.3, -0.25) is 14.5 Å². The van der Waals surface area contributed by atoms with Crippen LogP contribution in [0.15, 0.2) is 30.6 Å². The van der Waals surface area contributed by atoms with Gasteiger partial charge < -0.3 is 0 Å². The fourth-order valence-electron chi connectivity index (χ4n) is 4.60. The summed E-state index contributed by atoms with van der Waals surface area (Å²) in [7, 11) is 0. The molecule has 0 bridgehead atoms. The highest BCUT2D eigenvalue weighted by molar-refractivity contribution is 7.19. The molecule has 0 unspecified atom stereocenters. The van der Waals surface area contributed by atoms with Crippen LogP contribution in [0.4, 0.5) is 0 Å². The van der Waals surface area contributed by atoms with Gasteiger partial charge in [0, 0.05) is 4.88 Å². The Morgan fingerprint density at radius 1 is 1.03 bits per heavy atom. The molecular formula is C22H19N5O2S. The van der Waals surface area contributed by atoms with Crippen molar-refractivity contribution in [2.24, 2.45) is 0 Å². The predicted molar refractivity (Wildman–Crippen MR) is 113 cm³/mol. The summed E-state index contributed by atoms with van der Waals surface area (Å²) < 4.78 is 1.68. The SMILES string of the molecule is C[C@H](c1nc2c3c4c(sc3ncn2n1)CCCCC4)N1C(=O)c2ccccc2C1=O. The van der Waals surface area contributed by atoms with Crippen LogP contribution >= 0.6 is 11.3 Å². The summed E-state index contributed by atoms with van der Waals surface area (Å²) in [5.74, 6) is -0.142. The summed E-state index contributed by atoms with van der Waals surface area (Å²) in [5, 5.41) is 5.67. The number of benzene rings is 1. The van der Waals surface area contributed by atoms with E-state index in [1.807, 2.05) is 0 Å². The number of aromatic nitrogens is 4. The van der Waals surface area contributed by atoms with Crippen LogP contribution in [-0.4, -0.2) is 36.3 Å². The van der Waals surface area contributed by atoms with Gasteiger partial charge in [-0.05, 0) is 50.3 Å². The van der Waals surface area contributed by atoms with Crippen LogP contribution in [0.3, 0.4) is 0 Å². The molecule has 3 aromatic heterocycles. The van der Waals surface area contributed by atoms with Crippen LogP contribution in [0.25, 0.3) is 15.9 Å². The number of rotatable bonds is 2. The Kier molecular flexibility index (Phi) is 3.80. The zero-order chi connectivity index (χ0) is 20.4. The first-order chi connectivity index (χ1) is 14.6. The smallest absolute Gasteiger partial charge is 0.262 e. The molecule has 2 aliphatic rings. The van der Waals surface area contributed by atoms with Gasteiger partial charge in [-0.15, -0.1) is 16.4 Å². The standard InChI is InChI=1S/C22H19N5O2S/c1-12(27-21(28)13-7-5-6-8-14(13)22(27)29)18-24-19-17-15-9-3-2-4-10-16(15)30-20(17)23-11-26(19)25-18/h5-8,11-12H,2-4,9-10H2,1H3/t12-/m1/s1.